The number of benzene rings is 1. The molecule has 0 aliphatic rings. The van der Waals surface area contributed by atoms with Crippen LogP contribution in [0, 0.1) is 0 Å². The van der Waals surface area contributed by atoms with Gasteiger partial charge in [-0.05, 0) is 17.7 Å². The van der Waals surface area contributed by atoms with Gasteiger partial charge < -0.3 is 14.2 Å². The molecule has 0 bridgehead atoms. The van der Waals surface area contributed by atoms with Gasteiger partial charge in [0.2, 0.25) is 0 Å². The zero-order valence-electron chi connectivity index (χ0n) is 10.5. The number of ether oxygens (including phenoxy) is 3. The Morgan fingerprint density at radius 3 is 2.67 bits per heavy atom. The third kappa shape index (κ3) is 4.86. The Balaban J connectivity index is 2.51. The molecule has 0 saturated heterocycles. The molecule has 5 heteroatoms. The third-order valence-corrected chi connectivity index (χ3v) is 2.17. The van der Waals surface area contributed by atoms with E-state index in [9.17, 15) is 9.59 Å². The molecule has 0 aliphatic heterocycles. The maximum absolute atomic E-state index is 11.0. The van der Waals surface area contributed by atoms with Crippen molar-refractivity contribution in [3.8, 4) is 5.75 Å². The molecule has 0 saturated carbocycles. The Hall–Kier alpha value is -2.04. The monoisotopic (exact) mass is 252 g/mol. The second kappa shape index (κ2) is 7.32. The fraction of sp³-hybridized carbons (Fsp3) is 0.385. The van der Waals surface area contributed by atoms with Crippen LogP contribution in [0.25, 0.3) is 0 Å². The third-order valence-electron chi connectivity index (χ3n) is 2.17. The fourth-order valence-electron chi connectivity index (χ4n) is 1.19. The minimum absolute atomic E-state index is 0.144. The van der Waals surface area contributed by atoms with Crippen molar-refractivity contribution < 1.29 is 23.8 Å². The second-order valence-corrected chi connectivity index (χ2v) is 3.53. The van der Waals surface area contributed by atoms with Crippen LogP contribution >= 0.6 is 0 Å². The normalized spacial score (nSPS) is 9.67. The van der Waals surface area contributed by atoms with E-state index in [1.165, 1.54) is 7.11 Å². The maximum Gasteiger partial charge on any atom is 0.343 e. The summed E-state index contributed by atoms with van der Waals surface area (Å²) in [4.78, 5) is 21.9. The SMILES string of the molecule is CCC(=O)OCc1cccc(OCC(=O)OC)c1. The van der Waals surface area contributed by atoms with Crippen LogP contribution < -0.4 is 4.74 Å². The number of carbonyl (C=O) groups excluding carboxylic acids is 2. The largest absolute Gasteiger partial charge is 0.482 e. The number of hydrogen-bond acceptors (Lipinski definition) is 5. The van der Waals surface area contributed by atoms with Crippen molar-refractivity contribution in [1.82, 2.24) is 0 Å². The Kier molecular flexibility index (Phi) is 5.70. The predicted molar refractivity (Wildman–Crippen MR) is 64.0 cm³/mol. The molecule has 0 aliphatic carbocycles. The summed E-state index contributed by atoms with van der Waals surface area (Å²) < 4.78 is 14.7. The molecule has 18 heavy (non-hydrogen) atoms. The van der Waals surface area contributed by atoms with Gasteiger partial charge >= 0.3 is 11.9 Å². The predicted octanol–water partition coefficient (Wildman–Crippen LogP) is 1.69. The maximum atomic E-state index is 11.0. The molecule has 0 spiro atoms. The van der Waals surface area contributed by atoms with Crippen molar-refractivity contribution in [2.24, 2.45) is 0 Å². The average molecular weight is 252 g/mol. The Morgan fingerprint density at radius 1 is 1.22 bits per heavy atom. The first-order chi connectivity index (χ1) is 8.65. The Bertz CT molecular complexity index is 378. The fourth-order valence-corrected chi connectivity index (χ4v) is 1.19. The number of hydrogen-bond donors (Lipinski definition) is 0. The van der Waals surface area contributed by atoms with E-state index in [1.54, 1.807) is 25.1 Å². The van der Waals surface area contributed by atoms with Gasteiger partial charge in [-0.25, -0.2) is 4.79 Å². The molecule has 1 rings (SSSR count). The van der Waals surface area contributed by atoms with Crippen molar-refractivity contribution in [3.63, 3.8) is 0 Å². The molecule has 0 fully saturated rings. The van der Waals surface area contributed by atoms with Gasteiger partial charge in [0.25, 0.3) is 0 Å². The van der Waals surface area contributed by atoms with Crippen molar-refractivity contribution in [2.45, 2.75) is 20.0 Å². The number of methoxy groups -OCH3 is 1. The smallest absolute Gasteiger partial charge is 0.343 e. The molecule has 5 nitrogen and oxygen atoms in total. The van der Waals surface area contributed by atoms with E-state index >= 15 is 0 Å². The highest BCUT2D eigenvalue weighted by molar-refractivity contribution is 5.70. The number of rotatable bonds is 6. The van der Waals surface area contributed by atoms with E-state index < -0.39 is 5.97 Å². The lowest BCUT2D eigenvalue weighted by molar-refractivity contribution is -0.144. The van der Waals surface area contributed by atoms with E-state index in [4.69, 9.17) is 9.47 Å². The molecular weight excluding hydrogens is 236 g/mol. The van der Waals surface area contributed by atoms with Gasteiger partial charge in [-0.3, -0.25) is 4.79 Å². The lowest BCUT2D eigenvalue weighted by atomic mass is 10.2. The van der Waals surface area contributed by atoms with Crippen molar-refractivity contribution in [3.05, 3.63) is 29.8 Å². The summed E-state index contributed by atoms with van der Waals surface area (Å²) in [7, 11) is 1.30. The summed E-state index contributed by atoms with van der Waals surface area (Å²) >= 11 is 0. The molecular formula is C13H16O5. The average Bonchev–Trinajstić information content (AvgIpc) is 2.42. The molecule has 98 valence electrons. The van der Waals surface area contributed by atoms with Crippen molar-refractivity contribution >= 4 is 11.9 Å². The summed E-state index contributed by atoms with van der Waals surface area (Å²) in [6, 6.07) is 7.01. The highest BCUT2D eigenvalue weighted by Gasteiger charge is 2.04. The van der Waals surface area contributed by atoms with Crippen LogP contribution in [0.4, 0.5) is 0 Å². The summed E-state index contributed by atoms with van der Waals surface area (Å²) in [5.74, 6) is -0.167. The molecule has 0 aromatic heterocycles. The van der Waals surface area contributed by atoms with E-state index in [2.05, 4.69) is 4.74 Å². The highest BCUT2D eigenvalue weighted by Crippen LogP contribution is 2.14. The van der Waals surface area contributed by atoms with Gasteiger partial charge in [0.15, 0.2) is 6.61 Å². The molecule has 1 aromatic rings. The van der Waals surface area contributed by atoms with E-state index in [0.717, 1.165) is 5.56 Å². The van der Waals surface area contributed by atoms with Crippen LogP contribution in [-0.2, 0) is 25.7 Å². The highest BCUT2D eigenvalue weighted by atomic mass is 16.6. The molecule has 0 heterocycles. The quantitative estimate of drug-likeness (QED) is 0.721. The zero-order chi connectivity index (χ0) is 13.4. The minimum Gasteiger partial charge on any atom is -0.482 e. The lowest BCUT2D eigenvalue weighted by Crippen LogP contribution is -2.12. The topological polar surface area (TPSA) is 61.8 Å². The van der Waals surface area contributed by atoms with Crippen molar-refractivity contribution in [1.29, 1.82) is 0 Å². The first-order valence-electron chi connectivity index (χ1n) is 5.60. The summed E-state index contributed by atoms with van der Waals surface area (Å²) in [5.41, 5.74) is 0.805. The van der Waals surface area contributed by atoms with Crippen LogP contribution in [0.5, 0.6) is 5.75 Å². The van der Waals surface area contributed by atoms with Crippen LogP contribution in [0.2, 0.25) is 0 Å². The first-order valence-corrected chi connectivity index (χ1v) is 5.60. The van der Waals surface area contributed by atoms with E-state index in [1.807, 2.05) is 6.07 Å². The van der Waals surface area contributed by atoms with Gasteiger partial charge in [0, 0.05) is 6.42 Å². The van der Waals surface area contributed by atoms with E-state index in [-0.39, 0.29) is 19.2 Å². The zero-order valence-corrected chi connectivity index (χ0v) is 10.5. The molecule has 0 atom stereocenters. The Morgan fingerprint density at radius 2 is 2.00 bits per heavy atom. The minimum atomic E-state index is -0.446. The van der Waals surface area contributed by atoms with Crippen LogP contribution in [0.3, 0.4) is 0 Å². The lowest BCUT2D eigenvalue weighted by Gasteiger charge is -2.07. The first kappa shape index (κ1) is 14.0. The second-order valence-electron chi connectivity index (χ2n) is 3.53. The van der Waals surface area contributed by atoms with Gasteiger partial charge in [-0.1, -0.05) is 19.1 Å². The molecule has 0 unspecified atom stereocenters. The van der Waals surface area contributed by atoms with Crippen LogP contribution in [-0.4, -0.2) is 25.7 Å². The standard InChI is InChI=1S/C13H16O5/c1-3-12(14)18-8-10-5-4-6-11(7-10)17-9-13(15)16-2/h4-7H,3,8-9H2,1-2H3. The molecule has 0 N–H and O–H groups in total. The number of esters is 2. The van der Waals surface area contributed by atoms with Crippen LogP contribution in [0.1, 0.15) is 18.9 Å². The van der Waals surface area contributed by atoms with Crippen LogP contribution in [0.15, 0.2) is 24.3 Å². The summed E-state index contributed by atoms with van der Waals surface area (Å²) in [6.07, 6.45) is 0.346. The van der Waals surface area contributed by atoms with Gasteiger partial charge in [-0.15, -0.1) is 0 Å². The van der Waals surface area contributed by atoms with Gasteiger partial charge in [0.1, 0.15) is 12.4 Å². The number of carbonyl (C=O) groups is 2. The molecule has 1 aromatic carbocycles. The molecule has 0 radical (unpaired) electrons. The summed E-state index contributed by atoms with van der Waals surface area (Å²) in [5, 5.41) is 0. The van der Waals surface area contributed by atoms with E-state index in [0.29, 0.717) is 12.2 Å². The Labute approximate surface area is 106 Å². The molecule has 0 amide bonds. The summed E-state index contributed by atoms with van der Waals surface area (Å²) in [6.45, 7) is 1.79. The van der Waals surface area contributed by atoms with Gasteiger partial charge in [0.05, 0.1) is 7.11 Å². The van der Waals surface area contributed by atoms with Crippen molar-refractivity contribution in [2.75, 3.05) is 13.7 Å². The van der Waals surface area contributed by atoms with Gasteiger partial charge in [-0.2, -0.15) is 0 Å².